The minimum Gasteiger partial charge on any atom is -0.399 e. The van der Waals surface area contributed by atoms with Gasteiger partial charge >= 0.3 is 0 Å². The molecule has 0 bridgehead atoms. The third-order valence-corrected chi connectivity index (χ3v) is 3.76. The van der Waals surface area contributed by atoms with Crippen LogP contribution in [0.2, 0.25) is 0 Å². The summed E-state index contributed by atoms with van der Waals surface area (Å²) in [7, 11) is 2.17. The van der Waals surface area contributed by atoms with Crippen LogP contribution in [0.15, 0.2) is 23.9 Å². The molecule has 1 atom stereocenters. The van der Waals surface area contributed by atoms with Crippen molar-refractivity contribution >= 4 is 0 Å². The number of nitrogens with two attached hydrogens (primary N) is 2. The molecular formula is C12H21N3. The zero-order valence-corrected chi connectivity index (χ0v) is 9.45. The van der Waals surface area contributed by atoms with Gasteiger partial charge in [-0.25, -0.2) is 0 Å². The van der Waals surface area contributed by atoms with Crippen molar-refractivity contribution in [1.29, 1.82) is 0 Å². The van der Waals surface area contributed by atoms with Gasteiger partial charge in [0.05, 0.1) is 0 Å². The van der Waals surface area contributed by atoms with Gasteiger partial charge in [-0.15, -0.1) is 0 Å². The molecule has 2 rings (SSSR count). The molecule has 0 amide bonds. The van der Waals surface area contributed by atoms with Crippen LogP contribution in [-0.2, 0) is 0 Å². The van der Waals surface area contributed by atoms with Gasteiger partial charge in [-0.1, -0.05) is 12.2 Å². The Hall–Kier alpha value is -0.800. The normalized spacial score (nSPS) is 34.1. The molecule has 0 aromatic rings. The number of hydrogen-bond acceptors (Lipinski definition) is 3. The van der Waals surface area contributed by atoms with Crippen molar-refractivity contribution in [1.82, 2.24) is 4.90 Å². The van der Waals surface area contributed by atoms with Crippen LogP contribution >= 0.6 is 0 Å². The molecule has 0 aromatic heterocycles. The fourth-order valence-electron chi connectivity index (χ4n) is 2.53. The molecule has 84 valence electrons. The van der Waals surface area contributed by atoms with Crippen LogP contribution in [0, 0.1) is 5.92 Å². The summed E-state index contributed by atoms with van der Waals surface area (Å²) < 4.78 is 0. The fourth-order valence-corrected chi connectivity index (χ4v) is 2.53. The van der Waals surface area contributed by atoms with Gasteiger partial charge in [-0.3, -0.25) is 0 Å². The average molecular weight is 207 g/mol. The number of likely N-dealkylation sites (tertiary alicyclic amines) is 1. The first-order valence-electron chi connectivity index (χ1n) is 5.72. The van der Waals surface area contributed by atoms with Crippen molar-refractivity contribution in [2.75, 3.05) is 20.1 Å². The molecule has 3 nitrogen and oxygen atoms in total. The summed E-state index contributed by atoms with van der Waals surface area (Å²) in [5.74, 6) is 0.606. The topological polar surface area (TPSA) is 55.3 Å². The Balaban J connectivity index is 2.02. The molecule has 1 saturated heterocycles. The van der Waals surface area contributed by atoms with Crippen LogP contribution in [0.1, 0.15) is 19.3 Å². The quantitative estimate of drug-likeness (QED) is 0.669. The maximum Gasteiger partial charge on any atom is 0.0408 e. The smallest absolute Gasteiger partial charge is 0.0408 e. The summed E-state index contributed by atoms with van der Waals surface area (Å²) in [4.78, 5) is 2.37. The lowest BCUT2D eigenvalue weighted by Gasteiger charge is -2.40. The Kier molecular flexibility index (Phi) is 2.85. The van der Waals surface area contributed by atoms with Gasteiger partial charge in [0.15, 0.2) is 0 Å². The van der Waals surface area contributed by atoms with Gasteiger partial charge in [-0.2, -0.15) is 0 Å². The molecule has 1 aliphatic heterocycles. The van der Waals surface area contributed by atoms with Crippen molar-refractivity contribution in [3.63, 3.8) is 0 Å². The maximum atomic E-state index is 6.44. The summed E-state index contributed by atoms with van der Waals surface area (Å²) >= 11 is 0. The summed E-state index contributed by atoms with van der Waals surface area (Å²) in [5, 5.41) is 0. The maximum absolute atomic E-state index is 6.44. The van der Waals surface area contributed by atoms with E-state index in [-0.39, 0.29) is 5.54 Å². The van der Waals surface area contributed by atoms with Crippen molar-refractivity contribution < 1.29 is 0 Å². The second kappa shape index (κ2) is 3.99. The van der Waals surface area contributed by atoms with Crippen LogP contribution in [0.4, 0.5) is 0 Å². The van der Waals surface area contributed by atoms with E-state index in [1.807, 2.05) is 6.08 Å². The summed E-state index contributed by atoms with van der Waals surface area (Å²) in [6.07, 6.45) is 9.42. The molecule has 0 aromatic carbocycles. The summed E-state index contributed by atoms with van der Waals surface area (Å²) in [6.45, 7) is 2.33. The van der Waals surface area contributed by atoms with Crippen LogP contribution < -0.4 is 11.5 Å². The summed E-state index contributed by atoms with van der Waals surface area (Å²) in [5.41, 5.74) is 12.9. The lowest BCUT2D eigenvalue weighted by atomic mass is 9.74. The zero-order chi connectivity index (χ0) is 10.9. The highest BCUT2D eigenvalue weighted by molar-refractivity contribution is 5.27. The monoisotopic (exact) mass is 207 g/mol. The fraction of sp³-hybridized carbons (Fsp3) is 0.667. The molecule has 1 heterocycles. The van der Waals surface area contributed by atoms with Crippen LogP contribution in [0.25, 0.3) is 0 Å². The predicted molar refractivity (Wildman–Crippen MR) is 63.2 cm³/mol. The first-order chi connectivity index (χ1) is 7.10. The first kappa shape index (κ1) is 10.7. The molecule has 15 heavy (non-hydrogen) atoms. The van der Waals surface area contributed by atoms with Gasteiger partial charge in [0.1, 0.15) is 0 Å². The Labute approximate surface area is 91.8 Å². The molecule has 1 unspecified atom stereocenters. The number of piperidine rings is 1. The number of hydrogen-bond donors (Lipinski definition) is 2. The molecule has 0 radical (unpaired) electrons. The highest BCUT2D eigenvalue weighted by atomic mass is 15.1. The SMILES string of the molecule is CN1CCC(C2(N)C=CC(N)=CC2)CC1. The number of rotatable bonds is 1. The van der Waals surface area contributed by atoms with Gasteiger partial charge in [-0.05, 0) is 51.4 Å². The van der Waals surface area contributed by atoms with E-state index in [0.29, 0.717) is 5.92 Å². The zero-order valence-electron chi connectivity index (χ0n) is 9.45. The second-order valence-corrected chi connectivity index (χ2v) is 4.93. The van der Waals surface area contributed by atoms with Crippen LogP contribution in [0.5, 0.6) is 0 Å². The third kappa shape index (κ3) is 2.24. The molecule has 1 aliphatic carbocycles. The van der Waals surface area contributed by atoms with Crippen LogP contribution in [-0.4, -0.2) is 30.6 Å². The van der Waals surface area contributed by atoms with E-state index >= 15 is 0 Å². The Bertz CT molecular complexity index is 287. The van der Waals surface area contributed by atoms with Crippen LogP contribution in [0.3, 0.4) is 0 Å². The van der Waals surface area contributed by atoms with Gasteiger partial charge in [0, 0.05) is 11.2 Å². The highest BCUT2D eigenvalue weighted by Gasteiger charge is 2.34. The Morgan fingerprint density at radius 2 is 2.07 bits per heavy atom. The molecule has 1 fully saturated rings. The van der Waals surface area contributed by atoms with Crippen molar-refractivity contribution in [2.24, 2.45) is 17.4 Å². The molecule has 3 heteroatoms. The van der Waals surface area contributed by atoms with E-state index < -0.39 is 0 Å². The standard InChI is InChI=1S/C12H21N3/c1-15-8-4-10(5-9-15)12(14)6-2-11(13)3-7-12/h2-3,6,10H,4-5,7-9,13-14H2,1H3. The van der Waals surface area contributed by atoms with Gasteiger partial charge in [0.2, 0.25) is 0 Å². The van der Waals surface area contributed by atoms with Crippen molar-refractivity contribution in [3.8, 4) is 0 Å². The molecule has 0 spiro atoms. The van der Waals surface area contributed by atoms with Gasteiger partial charge < -0.3 is 16.4 Å². The molecular weight excluding hydrogens is 186 g/mol. The highest BCUT2D eigenvalue weighted by Crippen LogP contribution is 2.32. The molecule has 4 N–H and O–H groups in total. The van der Waals surface area contributed by atoms with E-state index in [1.54, 1.807) is 0 Å². The largest absolute Gasteiger partial charge is 0.399 e. The number of allylic oxidation sites excluding steroid dienone is 1. The lowest BCUT2D eigenvalue weighted by Crippen LogP contribution is -2.50. The minimum absolute atomic E-state index is 0.149. The van der Waals surface area contributed by atoms with Gasteiger partial charge in [0.25, 0.3) is 0 Å². The first-order valence-corrected chi connectivity index (χ1v) is 5.72. The Morgan fingerprint density at radius 1 is 1.40 bits per heavy atom. The van der Waals surface area contributed by atoms with E-state index in [9.17, 15) is 0 Å². The van der Waals surface area contributed by atoms with E-state index in [0.717, 1.165) is 25.2 Å². The molecule has 2 aliphatic rings. The molecule has 0 saturated carbocycles. The van der Waals surface area contributed by atoms with Crippen molar-refractivity contribution in [2.45, 2.75) is 24.8 Å². The second-order valence-electron chi connectivity index (χ2n) is 4.93. The minimum atomic E-state index is -0.149. The van der Waals surface area contributed by atoms with E-state index in [4.69, 9.17) is 11.5 Å². The van der Waals surface area contributed by atoms with Crippen molar-refractivity contribution in [3.05, 3.63) is 23.9 Å². The number of nitrogens with zero attached hydrogens (tertiary/aromatic N) is 1. The Morgan fingerprint density at radius 3 is 2.60 bits per heavy atom. The van der Waals surface area contributed by atoms with E-state index in [1.165, 1.54) is 12.8 Å². The third-order valence-electron chi connectivity index (χ3n) is 3.76. The predicted octanol–water partition coefficient (Wildman–Crippen LogP) is 0.828. The average Bonchev–Trinajstić information content (AvgIpc) is 2.24. The summed E-state index contributed by atoms with van der Waals surface area (Å²) in [6, 6.07) is 0. The lowest BCUT2D eigenvalue weighted by molar-refractivity contribution is 0.171. The van der Waals surface area contributed by atoms with E-state index in [2.05, 4.69) is 24.1 Å².